The highest BCUT2D eigenvalue weighted by Gasteiger charge is 2.08. The Hall–Kier alpha value is -0.0900. The molecule has 0 fully saturated rings. The van der Waals surface area contributed by atoms with Gasteiger partial charge in [-0.05, 0) is 58.3 Å². The minimum atomic E-state index is -0.0387. The molecule has 1 aromatic heterocycles. The van der Waals surface area contributed by atoms with Gasteiger partial charge in [-0.15, -0.1) is 11.3 Å². The van der Waals surface area contributed by atoms with Crippen molar-refractivity contribution in [2.45, 2.75) is 38.6 Å². The highest BCUT2D eigenvalue weighted by Crippen LogP contribution is 2.21. The minimum absolute atomic E-state index is 0.0387. The molecule has 0 aromatic carbocycles. The van der Waals surface area contributed by atoms with Crippen molar-refractivity contribution < 1.29 is 0 Å². The maximum atomic E-state index is 5.90. The molecule has 0 amide bonds. The summed E-state index contributed by atoms with van der Waals surface area (Å²) in [6.45, 7) is 6.20. The fourth-order valence-electron chi connectivity index (χ4n) is 1.49. The van der Waals surface area contributed by atoms with E-state index in [-0.39, 0.29) is 5.54 Å². The summed E-state index contributed by atoms with van der Waals surface area (Å²) >= 11 is 7.52. The number of halogens is 1. The van der Waals surface area contributed by atoms with Gasteiger partial charge in [-0.1, -0.05) is 11.6 Å². The van der Waals surface area contributed by atoms with Crippen molar-refractivity contribution in [2.24, 2.45) is 5.73 Å². The second-order valence-electron chi connectivity index (χ2n) is 4.80. The van der Waals surface area contributed by atoms with Gasteiger partial charge in [-0.2, -0.15) is 0 Å². The fraction of sp³-hybridized carbons (Fsp3) is 0.667. The number of hydrogen-bond donors (Lipinski definition) is 2. The minimum Gasteiger partial charge on any atom is -0.326 e. The zero-order valence-electron chi connectivity index (χ0n) is 10.1. The van der Waals surface area contributed by atoms with E-state index < -0.39 is 0 Å². The Morgan fingerprint density at radius 2 is 2.12 bits per heavy atom. The summed E-state index contributed by atoms with van der Waals surface area (Å²) in [7, 11) is 0. The van der Waals surface area contributed by atoms with Gasteiger partial charge in [-0.25, -0.2) is 0 Å². The first-order chi connectivity index (χ1) is 7.47. The molecule has 0 bridgehead atoms. The van der Waals surface area contributed by atoms with E-state index in [1.165, 1.54) is 4.88 Å². The van der Waals surface area contributed by atoms with Crippen LogP contribution in [0.2, 0.25) is 4.34 Å². The van der Waals surface area contributed by atoms with Crippen LogP contribution in [0.25, 0.3) is 0 Å². The fourth-order valence-corrected chi connectivity index (χ4v) is 2.58. The van der Waals surface area contributed by atoms with Gasteiger partial charge in [0.15, 0.2) is 0 Å². The van der Waals surface area contributed by atoms with Crippen LogP contribution in [-0.4, -0.2) is 18.6 Å². The van der Waals surface area contributed by atoms with Gasteiger partial charge in [0.25, 0.3) is 0 Å². The van der Waals surface area contributed by atoms with E-state index in [2.05, 4.69) is 25.2 Å². The molecule has 1 aromatic rings. The van der Waals surface area contributed by atoms with Gasteiger partial charge >= 0.3 is 0 Å². The van der Waals surface area contributed by atoms with Crippen molar-refractivity contribution in [2.75, 3.05) is 13.1 Å². The highest BCUT2D eigenvalue weighted by atomic mass is 35.5. The molecule has 0 spiro atoms. The number of nitrogens with two attached hydrogens (primary N) is 1. The lowest BCUT2D eigenvalue weighted by molar-refractivity contribution is 0.449. The Bertz CT molecular complexity index is 304. The Kier molecular flexibility index (Phi) is 5.76. The van der Waals surface area contributed by atoms with Crippen molar-refractivity contribution in [3.63, 3.8) is 0 Å². The summed E-state index contributed by atoms with van der Waals surface area (Å²) in [5, 5.41) is 3.42. The zero-order chi connectivity index (χ0) is 12.0. The summed E-state index contributed by atoms with van der Waals surface area (Å²) in [4.78, 5) is 1.34. The third-order valence-corrected chi connectivity index (χ3v) is 3.64. The van der Waals surface area contributed by atoms with Crippen molar-refractivity contribution >= 4 is 22.9 Å². The molecule has 4 heteroatoms. The first-order valence-corrected chi connectivity index (χ1v) is 6.91. The first-order valence-electron chi connectivity index (χ1n) is 5.71. The van der Waals surface area contributed by atoms with Gasteiger partial charge in [0, 0.05) is 10.4 Å². The molecule has 2 nitrogen and oxygen atoms in total. The second kappa shape index (κ2) is 6.60. The van der Waals surface area contributed by atoms with Crippen LogP contribution in [0.3, 0.4) is 0 Å². The number of thiophene rings is 1. The van der Waals surface area contributed by atoms with E-state index in [0.29, 0.717) is 0 Å². The van der Waals surface area contributed by atoms with Gasteiger partial charge in [0.05, 0.1) is 4.34 Å². The normalized spacial score (nSPS) is 12.0. The summed E-state index contributed by atoms with van der Waals surface area (Å²) in [5.74, 6) is 0. The van der Waals surface area contributed by atoms with E-state index in [1.54, 1.807) is 11.3 Å². The summed E-state index contributed by atoms with van der Waals surface area (Å²) < 4.78 is 0.875. The summed E-state index contributed by atoms with van der Waals surface area (Å²) in [6, 6.07) is 4.05. The monoisotopic (exact) mass is 260 g/mol. The van der Waals surface area contributed by atoms with E-state index in [9.17, 15) is 0 Å². The average Bonchev–Trinajstić information content (AvgIpc) is 2.56. The van der Waals surface area contributed by atoms with E-state index in [0.717, 1.165) is 36.7 Å². The second-order valence-corrected chi connectivity index (χ2v) is 6.60. The standard InChI is InChI=1S/C12H21ClN2S/c1-12(2,14)7-3-8-15-9-6-10-4-5-11(13)16-10/h4-5,15H,3,6-9,14H2,1-2H3. The van der Waals surface area contributed by atoms with Crippen molar-refractivity contribution in [3.05, 3.63) is 21.3 Å². The molecule has 3 N–H and O–H groups in total. The molecule has 92 valence electrons. The molecule has 0 atom stereocenters. The zero-order valence-corrected chi connectivity index (χ0v) is 11.6. The number of hydrogen-bond acceptors (Lipinski definition) is 3. The van der Waals surface area contributed by atoms with Crippen LogP contribution < -0.4 is 11.1 Å². The van der Waals surface area contributed by atoms with Gasteiger partial charge in [0.1, 0.15) is 0 Å². The van der Waals surface area contributed by atoms with E-state index >= 15 is 0 Å². The van der Waals surface area contributed by atoms with E-state index in [1.807, 2.05) is 6.07 Å². The summed E-state index contributed by atoms with van der Waals surface area (Å²) in [5.41, 5.74) is 5.86. The average molecular weight is 261 g/mol. The van der Waals surface area contributed by atoms with Crippen molar-refractivity contribution in [1.29, 1.82) is 0 Å². The van der Waals surface area contributed by atoms with Gasteiger partial charge < -0.3 is 11.1 Å². The maximum Gasteiger partial charge on any atom is 0.0931 e. The SMILES string of the molecule is CC(C)(N)CCCNCCc1ccc(Cl)s1. The molecule has 0 unspecified atom stereocenters. The number of nitrogens with one attached hydrogen (secondary N) is 1. The quantitative estimate of drug-likeness (QED) is 0.740. The predicted octanol–water partition coefficient (Wildman–Crippen LogP) is 3.05. The van der Waals surface area contributed by atoms with Crippen molar-refractivity contribution in [1.82, 2.24) is 5.32 Å². The van der Waals surface area contributed by atoms with Gasteiger partial charge in [-0.3, -0.25) is 0 Å². The van der Waals surface area contributed by atoms with E-state index in [4.69, 9.17) is 17.3 Å². The molecule has 1 heterocycles. The third-order valence-electron chi connectivity index (χ3n) is 2.35. The lowest BCUT2D eigenvalue weighted by Gasteiger charge is -2.17. The Balaban J connectivity index is 2.00. The molecular weight excluding hydrogens is 240 g/mol. The van der Waals surface area contributed by atoms with Crippen LogP contribution >= 0.6 is 22.9 Å². The number of rotatable bonds is 7. The lowest BCUT2D eigenvalue weighted by atomic mass is 10.0. The van der Waals surface area contributed by atoms with Crippen LogP contribution in [0.5, 0.6) is 0 Å². The smallest absolute Gasteiger partial charge is 0.0931 e. The molecule has 0 saturated carbocycles. The molecule has 0 saturated heterocycles. The topological polar surface area (TPSA) is 38.0 Å². The highest BCUT2D eigenvalue weighted by molar-refractivity contribution is 7.16. The largest absolute Gasteiger partial charge is 0.326 e. The van der Waals surface area contributed by atoms with Crippen molar-refractivity contribution in [3.8, 4) is 0 Å². The van der Waals surface area contributed by atoms with Crippen LogP contribution in [0.15, 0.2) is 12.1 Å². The van der Waals surface area contributed by atoms with Crippen LogP contribution in [0, 0.1) is 0 Å². The Labute approximate surface area is 107 Å². The van der Waals surface area contributed by atoms with Crippen LogP contribution in [-0.2, 0) is 6.42 Å². The lowest BCUT2D eigenvalue weighted by Crippen LogP contribution is -2.33. The molecular formula is C12H21ClN2S. The third kappa shape index (κ3) is 6.48. The molecule has 0 aliphatic heterocycles. The first kappa shape index (κ1) is 14.0. The van der Waals surface area contributed by atoms with Gasteiger partial charge in [0.2, 0.25) is 0 Å². The van der Waals surface area contributed by atoms with Crippen LogP contribution in [0.4, 0.5) is 0 Å². The molecule has 0 aliphatic rings. The predicted molar refractivity (Wildman–Crippen MR) is 73.4 cm³/mol. The summed E-state index contributed by atoms with van der Waals surface area (Å²) in [6.07, 6.45) is 3.25. The Morgan fingerprint density at radius 1 is 1.38 bits per heavy atom. The Morgan fingerprint density at radius 3 is 2.69 bits per heavy atom. The molecule has 16 heavy (non-hydrogen) atoms. The van der Waals surface area contributed by atoms with Crippen LogP contribution in [0.1, 0.15) is 31.6 Å². The molecule has 0 aliphatic carbocycles. The molecule has 1 rings (SSSR count). The maximum absolute atomic E-state index is 5.90. The molecule has 0 radical (unpaired) electrons.